The van der Waals surface area contributed by atoms with Crippen LogP contribution < -0.4 is 10.6 Å². The number of morpholine rings is 1. The smallest absolute Gasteiger partial charge is 0.317 e. The summed E-state index contributed by atoms with van der Waals surface area (Å²) in [6.07, 6.45) is 2.42. The van der Waals surface area contributed by atoms with Gasteiger partial charge in [-0.15, -0.1) is 0 Å². The van der Waals surface area contributed by atoms with Crippen molar-refractivity contribution in [1.82, 2.24) is 20.5 Å². The molecule has 0 spiro atoms. The number of pyridine rings is 1. The van der Waals surface area contributed by atoms with E-state index in [0.717, 1.165) is 5.56 Å². The van der Waals surface area contributed by atoms with Crippen molar-refractivity contribution in [2.24, 2.45) is 0 Å². The van der Waals surface area contributed by atoms with Gasteiger partial charge in [0.2, 0.25) is 0 Å². The lowest BCUT2D eigenvalue weighted by Gasteiger charge is -2.27. The van der Waals surface area contributed by atoms with E-state index in [9.17, 15) is 9.90 Å². The highest BCUT2D eigenvalue weighted by atomic mass is 16.5. The van der Waals surface area contributed by atoms with Gasteiger partial charge in [0.05, 0.1) is 32.0 Å². The number of nitrogens with zero attached hydrogens (tertiary/aromatic N) is 2. The lowest BCUT2D eigenvalue weighted by atomic mass is 10.1. The molecule has 24 heavy (non-hydrogen) atoms. The summed E-state index contributed by atoms with van der Waals surface area (Å²) < 4.78 is 10.8. The molecule has 2 aliphatic heterocycles. The minimum Gasteiger partial charge on any atom is -0.389 e. The number of aliphatic hydroxyl groups excluding tert-OH is 1. The van der Waals surface area contributed by atoms with E-state index in [1.165, 1.54) is 0 Å². The van der Waals surface area contributed by atoms with Crippen LogP contribution in [0.15, 0.2) is 24.5 Å². The zero-order valence-corrected chi connectivity index (χ0v) is 13.6. The van der Waals surface area contributed by atoms with E-state index in [1.807, 2.05) is 12.1 Å². The first-order chi connectivity index (χ1) is 11.7. The maximum atomic E-state index is 12.1. The molecule has 3 rings (SSSR count). The third-order valence-electron chi connectivity index (χ3n) is 4.35. The first kappa shape index (κ1) is 17.1. The third-order valence-corrected chi connectivity index (χ3v) is 4.35. The lowest BCUT2D eigenvalue weighted by molar-refractivity contribution is 0.0360. The SMILES string of the molecule is O=C(NC[C@H]1OC[C@@H](NCc2ccncc2)[C@@H]1O)N1CCOCC1. The van der Waals surface area contributed by atoms with E-state index >= 15 is 0 Å². The molecule has 0 bridgehead atoms. The van der Waals surface area contributed by atoms with E-state index in [1.54, 1.807) is 17.3 Å². The Morgan fingerprint density at radius 1 is 1.33 bits per heavy atom. The standard InChI is InChI=1S/C16H24N4O4/c21-15-13(18-9-12-1-3-17-4-2-12)11-24-14(15)10-19-16(22)20-5-7-23-8-6-20/h1-4,13-15,18,21H,5-11H2,(H,19,22)/t13-,14-,15+/m1/s1. The molecule has 0 aromatic carbocycles. The number of amides is 2. The van der Waals surface area contributed by atoms with Crippen molar-refractivity contribution >= 4 is 6.03 Å². The van der Waals surface area contributed by atoms with Gasteiger partial charge in [-0.2, -0.15) is 0 Å². The quantitative estimate of drug-likeness (QED) is 0.661. The van der Waals surface area contributed by atoms with E-state index in [2.05, 4.69) is 15.6 Å². The maximum Gasteiger partial charge on any atom is 0.317 e. The van der Waals surface area contributed by atoms with Gasteiger partial charge in [0.15, 0.2) is 0 Å². The summed E-state index contributed by atoms with van der Waals surface area (Å²) >= 11 is 0. The fourth-order valence-corrected chi connectivity index (χ4v) is 2.86. The summed E-state index contributed by atoms with van der Waals surface area (Å²) in [5.74, 6) is 0. The number of ether oxygens (including phenoxy) is 2. The van der Waals surface area contributed by atoms with Gasteiger partial charge in [0.25, 0.3) is 0 Å². The predicted molar refractivity (Wildman–Crippen MR) is 86.4 cm³/mol. The van der Waals surface area contributed by atoms with Crippen LogP contribution in [0.3, 0.4) is 0 Å². The molecule has 8 heteroatoms. The molecule has 3 atom stereocenters. The maximum absolute atomic E-state index is 12.1. The number of nitrogens with one attached hydrogen (secondary N) is 2. The Labute approximate surface area is 141 Å². The molecular weight excluding hydrogens is 312 g/mol. The largest absolute Gasteiger partial charge is 0.389 e. The van der Waals surface area contributed by atoms with Crippen molar-refractivity contribution in [3.63, 3.8) is 0 Å². The Balaban J connectivity index is 1.40. The number of carbonyl (C=O) groups is 1. The van der Waals surface area contributed by atoms with Crippen LogP contribution in [0.2, 0.25) is 0 Å². The van der Waals surface area contributed by atoms with E-state index < -0.39 is 12.2 Å². The molecule has 3 N–H and O–H groups in total. The van der Waals surface area contributed by atoms with Gasteiger partial charge in [0.1, 0.15) is 6.10 Å². The minimum atomic E-state index is -0.656. The molecule has 132 valence electrons. The number of carbonyl (C=O) groups excluding carboxylic acids is 1. The average molecular weight is 336 g/mol. The Morgan fingerprint density at radius 2 is 2.08 bits per heavy atom. The van der Waals surface area contributed by atoms with E-state index in [4.69, 9.17) is 9.47 Å². The van der Waals surface area contributed by atoms with Gasteiger partial charge in [-0.05, 0) is 17.7 Å². The summed E-state index contributed by atoms with van der Waals surface area (Å²) in [4.78, 5) is 17.7. The highest BCUT2D eigenvalue weighted by Gasteiger charge is 2.35. The fourth-order valence-electron chi connectivity index (χ4n) is 2.86. The summed E-state index contributed by atoms with van der Waals surface area (Å²) in [6.45, 7) is 3.68. The molecule has 1 aromatic heterocycles. The topological polar surface area (TPSA) is 96.0 Å². The summed E-state index contributed by atoms with van der Waals surface area (Å²) in [7, 11) is 0. The summed E-state index contributed by atoms with van der Waals surface area (Å²) in [6, 6.07) is 3.57. The lowest BCUT2D eigenvalue weighted by Crippen LogP contribution is -2.50. The minimum absolute atomic E-state index is 0.137. The number of aromatic nitrogens is 1. The Hall–Kier alpha value is -1.74. The van der Waals surface area contributed by atoms with Crippen molar-refractivity contribution < 1.29 is 19.4 Å². The summed E-state index contributed by atoms with van der Waals surface area (Å²) in [5, 5.41) is 16.5. The van der Waals surface area contributed by atoms with Crippen LogP contribution in [-0.4, -0.2) is 78.7 Å². The molecule has 2 aliphatic rings. The van der Waals surface area contributed by atoms with Gasteiger partial charge < -0.3 is 30.1 Å². The van der Waals surface area contributed by atoms with Crippen molar-refractivity contribution in [2.45, 2.75) is 24.8 Å². The number of rotatable bonds is 5. The first-order valence-corrected chi connectivity index (χ1v) is 8.26. The van der Waals surface area contributed by atoms with Crippen LogP contribution in [0.1, 0.15) is 5.56 Å². The third kappa shape index (κ3) is 4.41. The Kier molecular flexibility index (Phi) is 5.97. The number of hydrogen-bond acceptors (Lipinski definition) is 6. The van der Waals surface area contributed by atoms with Crippen molar-refractivity contribution in [2.75, 3.05) is 39.5 Å². The Bertz CT molecular complexity index is 524. The van der Waals surface area contributed by atoms with Gasteiger partial charge >= 0.3 is 6.03 Å². The molecule has 2 amide bonds. The van der Waals surface area contributed by atoms with Gasteiger partial charge in [0, 0.05) is 38.6 Å². The van der Waals surface area contributed by atoms with E-state index in [0.29, 0.717) is 46.0 Å². The second-order valence-electron chi connectivity index (χ2n) is 5.99. The molecule has 0 aliphatic carbocycles. The van der Waals surface area contributed by atoms with Crippen LogP contribution in [0, 0.1) is 0 Å². The first-order valence-electron chi connectivity index (χ1n) is 8.26. The molecule has 3 heterocycles. The van der Waals surface area contributed by atoms with Gasteiger partial charge in [-0.3, -0.25) is 4.98 Å². The zero-order valence-electron chi connectivity index (χ0n) is 13.6. The second kappa shape index (κ2) is 8.39. The predicted octanol–water partition coefficient (Wildman–Crippen LogP) is -0.659. The molecule has 0 saturated carbocycles. The molecular formula is C16H24N4O4. The van der Waals surface area contributed by atoms with Crippen molar-refractivity contribution in [3.05, 3.63) is 30.1 Å². The summed E-state index contributed by atoms with van der Waals surface area (Å²) in [5.41, 5.74) is 1.10. The molecule has 0 unspecified atom stereocenters. The van der Waals surface area contributed by atoms with Crippen LogP contribution in [0.4, 0.5) is 4.79 Å². The molecule has 0 radical (unpaired) electrons. The average Bonchev–Trinajstić information content (AvgIpc) is 2.99. The molecule has 1 aromatic rings. The molecule has 2 fully saturated rings. The number of urea groups is 1. The molecule has 8 nitrogen and oxygen atoms in total. The van der Waals surface area contributed by atoms with Gasteiger partial charge in [-0.25, -0.2) is 4.79 Å². The number of hydrogen-bond donors (Lipinski definition) is 3. The monoisotopic (exact) mass is 336 g/mol. The Morgan fingerprint density at radius 3 is 2.83 bits per heavy atom. The van der Waals surface area contributed by atoms with Gasteiger partial charge in [-0.1, -0.05) is 0 Å². The van der Waals surface area contributed by atoms with Crippen LogP contribution in [0.25, 0.3) is 0 Å². The van der Waals surface area contributed by atoms with Crippen molar-refractivity contribution in [3.8, 4) is 0 Å². The second-order valence-corrected chi connectivity index (χ2v) is 5.99. The number of aliphatic hydroxyl groups is 1. The van der Waals surface area contributed by atoms with Crippen molar-refractivity contribution in [1.29, 1.82) is 0 Å². The molecule has 2 saturated heterocycles. The normalized spacial score (nSPS) is 27.2. The highest BCUT2D eigenvalue weighted by molar-refractivity contribution is 5.74. The zero-order chi connectivity index (χ0) is 16.8. The fraction of sp³-hybridized carbons (Fsp3) is 0.625. The van der Waals surface area contributed by atoms with Crippen LogP contribution in [0.5, 0.6) is 0 Å². The van der Waals surface area contributed by atoms with Crippen LogP contribution >= 0.6 is 0 Å². The van der Waals surface area contributed by atoms with E-state index in [-0.39, 0.29) is 12.1 Å². The highest BCUT2D eigenvalue weighted by Crippen LogP contribution is 2.14. The van der Waals surface area contributed by atoms with Crippen LogP contribution in [-0.2, 0) is 16.0 Å².